The van der Waals surface area contributed by atoms with E-state index in [1.165, 1.54) is 4.31 Å². The molecule has 0 aliphatic heterocycles. The van der Waals surface area contributed by atoms with Crippen LogP contribution in [0.1, 0.15) is 27.2 Å². The van der Waals surface area contributed by atoms with Gasteiger partial charge in [-0.3, -0.25) is 0 Å². The summed E-state index contributed by atoms with van der Waals surface area (Å²) in [6, 6.07) is -0.270. The van der Waals surface area contributed by atoms with E-state index in [2.05, 4.69) is 4.72 Å². The van der Waals surface area contributed by atoms with Crippen molar-refractivity contribution in [2.24, 2.45) is 5.73 Å². The van der Waals surface area contributed by atoms with E-state index in [0.29, 0.717) is 24.5 Å². The Bertz CT molecular complexity index is 299. The number of hydrogen-bond acceptors (Lipinski definition) is 3. The van der Waals surface area contributed by atoms with Gasteiger partial charge in [-0.25, -0.2) is 0 Å². The second-order valence-electron chi connectivity index (χ2n) is 3.28. The third-order valence-corrected chi connectivity index (χ3v) is 3.97. The maximum Gasteiger partial charge on any atom is 0.279 e. The summed E-state index contributed by atoms with van der Waals surface area (Å²) in [7, 11) is -3.40. The highest BCUT2D eigenvalue weighted by Gasteiger charge is 2.20. The third kappa shape index (κ3) is 5.41. The van der Waals surface area contributed by atoms with Crippen LogP contribution in [0.25, 0.3) is 0 Å². The molecule has 0 rings (SSSR count). The van der Waals surface area contributed by atoms with Crippen LogP contribution in [0.2, 0.25) is 0 Å². The molecule has 15 heavy (non-hydrogen) atoms. The Hall–Kier alpha value is -0.240. The van der Waals surface area contributed by atoms with Crippen molar-refractivity contribution in [1.82, 2.24) is 9.03 Å². The standard InChI is InChI=1S/C8H19N3O2S2/c1-4-11(5-2)15(12,13)10-7(3)6-8(9)14/h7,10H,4-6H2,1-3H3,(H2,9,14). The molecular weight excluding hydrogens is 234 g/mol. The van der Waals surface area contributed by atoms with Crippen LogP contribution in [-0.2, 0) is 10.2 Å². The molecule has 0 fully saturated rings. The minimum Gasteiger partial charge on any atom is -0.393 e. The maximum absolute atomic E-state index is 11.7. The maximum atomic E-state index is 11.7. The lowest BCUT2D eigenvalue weighted by molar-refractivity contribution is 0.428. The topological polar surface area (TPSA) is 75.4 Å². The van der Waals surface area contributed by atoms with E-state index in [4.69, 9.17) is 18.0 Å². The van der Waals surface area contributed by atoms with Crippen LogP contribution in [0.3, 0.4) is 0 Å². The van der Waals surface area contributed by atoms with Crippen molar-refractivity contribution in [2.45, 2.75) is 33.2 Å². The number of thiocarbonyl (C=S) groups is 1. The number of hydrogen-bond donors (Lipinski definition) is 2. The van der Waals surface area contributed by atoms with Crippen LogP contribution < -0.4 is 10.5 Å². The minimum absolute atomic E-state index is 0.270. The van der Waals surface area contributed by atoms with Gasteiger partial charge >= 0.3 is 0 Å². The zero-order valence-corrected chi connectivity index (χ0v) is 11.0. The van der Waals surface area contributed by atoms with E-state index in [1.807, 2.05) is 0 Å². The number of nitrogens with one attached hydrogen (secondary N) is 1. The van der Waals surface area contributed by atoms with Gasteiger partial charge in [-0.05, 0) is 6.92 Å². The first-order valence-electron chi connectivity index (χ1n) is 4.89. The molecule has 0 aliphatic carbocycles. The predicted molar refractivity (Wildman–Crippen MR) is 65.8 cm³/mol. The minimum atomic E-state index is -3.40. The molecule has 0 aliphatic rings. The molecule has 0 aromatic rings. The quantitative estimate of drug-likeness (QED) is 0.637. The largest absolute Gasteiger partial charge is 0.393 e. The Labute approximate surface area is 97.2 Å². The molecule has 0 saturated carbocycles. The van der Waals surface area contributed by atoms with Crippen LogP contribution >= 0.6 is 12.2 Å². The fourth-order valence-electron chi connectivity index (χ4n) is 1.24. The predicted octanol–water partition coefficient (Wildman–Crippen LogP) is 0.227. The summed E-state index contributed by atoms with van der Waals surface area (Å²) >= 11 is 4.71. The molecule has 1 atom stereocenters. The highest BCUT2D eigenvalue weighted by atomic mass is 32.2. The molecule has 0 radical (unpaired) electrons. The zero-order chi connectivity index (χ0) is 12.1. The van der Waals surface area contributed by atoms with Crippen LogP contribution in [0.4, 0.5) is 0 Å². The van der Waals surface area contributed by atoms with Crippen molar-refractivity contribution in [1.29, 1.82) is 0 Å². The summed E-state index contributed by atoms with van der Waals surface area (Å²) in [6.07, 6.45) is 0.371. The number of nitrogens with two attached hydrogens (primary N) is 1. The molecule has 0 bridgehead atoms. The monoisotopic (exact) mass is 253 g/mol. The zero-order valence-electron chi connectivity index (χ0n) is 9.36. The molecule has 0 amide bonds. The van der Waals surface area contributed by atoms with Crippen LogP contribution in [0.5, 0.6) is 0 Å². The van der Waals surface area contributed by atoms with Gasteiger partial charge in [0.2, 0.25) is 0 Å². The third-order valence-electron chi connectivity index (χ3n) is 1.90. The van der Waals surface area contributed by atoms with Crippen molar-refractivity contribution >= 4 is 27.4 Å². The Morgan fingerprint density at radius 1 is 1.47 bits per heavy atom. The van der Waals surface area contributed by atoms with Gasteiger partial charge in [0.15, 0.2) is 0 Å². The Morgan fingerprint density at radius 2 is 1.93 bits per heavy atom. The number of rotatable bonds is 7. The fraction of sp³-hybridized carbons (Fsp3) is 0.875. The lowest BCUT2D eigenvalue weighted by atomic mass is 10.3. The normalized spacial score (nSPS) is 14.1. The molecule has 5 nitrogen and oxygen atoms in total. The molecular formula is C8H19N3O2S2. The summed E-state index contributed by atoms with van der Waals surface area (Å²) in [5.74, 6) is 0. The van der Waals surface area contributed by atoms with Crippen molar-refractivity contribution < 1.29 is 8.42 Å². The Morgan fingerprint density at radius 3 is 2.27 bits per heavy atom. The molecule has 7 heteroatoms. The summed E-state index contributed by atoms with van der Waals surface area (Å²) < 4.78 is 27.3. The molecule has 3 N–H and O–H groups in total. The highest BCUT2D eigenvalue weighted by Crippen LogP contribution is 2.00. The molecule has 0 spiro atoms. The van der Waals surface area contributed by atoms with E-state index in [-0.39, 0.29) is 6.04 Å². The van der Waals surface area contributed by atoms with Crippen LogP contribution in [0, 0.1) is 0 Å². The van der Waals surface area contributed by atoms with Gasteiger partial charge in [-0.1, -0.05) is 26.1 Å². The molecule has 0 aromatic heterocycles. The Kier molecular flexibility index (Phi) is 6.26. The Balaban J connectivity index is 4.43. The van der Waals surface area contributed by atoms with Gasteiger partial charge in [-0.15, -0.1) is 0 Å². The highest BCUT2D eigenvalue weighted by molar-refractivity contribution is 7.87. The first-order chi connectivity index (χ1) is 6.83. The van der Waals surface area contributed by atoms with Crippen molar-refractivity contribution in [3.05, 3.63) is 0 Å². The van der Waals surface area contributed by atoms with Gasteiger partial charge in [0, 0.05) is 25.6 Å². The van der Waals surface area contributed by atoms with Gasteiger partial charge in [0.05, 0.1) is 4.99 Å². The molecule has 0 aromatic carbocycles. The first-order valence-corrected chi connectivity index (χ1v) is 6.74. The summed E-state index contributed by atoms with van der Waals surface area (Å²) in [6.45, 7) is 6.22. The first kappa shape index (κ1) is 14.8. The lowest BCUT2D eigenvalue weighted by Crippen LogP contribution is -2.45. The summed E-state index contributed by atoms with van der Waals surface area (Å²) in [5, 5.41) is 0. The SMILES string of the molecule is CCN(CC)S(=O)(=O)NC(C)CC(N)=S. The van der Waals surface area contributed by atoms with Gasteiger partial charge < -0.3 is 5.73 Å². The fourth-order valence-corrected chi connectivity index (χ4v) is 2.91. The van der Waals surface area contributed by atoms with Gasteiger partial charge in [0.1, 0.15) is 0 Å². The van der Waals surface area contributed by atoms with E-state index in [9.17, 15) is 8.42 Å². The molecule has 90 valence electrons. The van der Waals surface area contributed by atoms with E-state index in [1.54, 1.807) is 20.8 Å². The average Bonchev–Trinajstić information content (AvgIpc) is 2.02. The lowest BCUT2D eigenvalue weighted by Gasteiger charge is -2.21. The van der Waals surface area contributed by atoms with E-state index >= 15 is 0 Å². The second-order valence-corrected chi connectivity index (χ2v) is 5.51. The van der Waals surface area contributed by atoms with E-state index in [0.717, 1.165) is 0 Å². The molecule has 0 saturated heterocycles. The smallest absolute Gasteiger partial charge is 0.279 e. The average molecular weight is 253 g/mol. The van der Waals surface area contributed by atoms with Crippen LogP contribution in [-0.4, -0.2) is 36.8 Å². The summed E-state index contributed by atoms with van der Waals surface area (Å²) in [4.78, 5) is 0.310. The van der Waals surface area contributed by atoms with Crippen molar-refractivity contribution in [2.75, 3.05) is 13.1 Å². The van der Waals surface area contributed by atoms with Gasteiger partial charge in [0.25, 0.3) is 10.2 Å². The summed E-state index contributed by atoms with van der Waals surface area (Å²) in [5.41, 5.74) is 5.34. The van der Waals surface area contributed by atoms with E-state index < -0.39 is 10.2 Å². The second kappa shape index (κ2) is 6.37. The number of nitrogens with zero attached hydrogens (tertiary/aromatic N) is 1. The molecule has 0 heterocycles. The van der Waals surface area contributed by atoms with Crippen LogP contribution in [0.15, 0.2) is 0 Å². The van der Waals surface area contributed by atoms with Gasteiger partial charge in [-0.2, -0.15) is 17.4 Å². The van der Waals surface area contributed by atoms with Crippen molar-refractivity contribution in [3.63, 3.8) is 0 Å². The van der Waals surface area contributed by atoms with Crippen molar-refractivity contribution in [3.8, 4) is 0 Å². The molecule has 1 unspecified atom stereocenters.